The van der Waals surface area contributed by atoms with Gasteiger partial charge in [-0.1, -0.05) is 29.8 Å². The second-order valence-corrected chi connectivity index (χ2v) is 5.19. The number of aromatic hydroxyl groups is 1. The molecule has 2 aromatic carbocycles. The van der Waals surface area contributed by atoms with E-state index < -0.39 is 0 Å². The lowest BCUT2D eigenvalue weighted by atomic mass is 10.0. The molecule has 0 saturated heterocycles. The monoisotopic (exact) mass is 255 g/mol. The molecule has 0 spiro atoms. The Bertz CT molecular complexity index is 602. The second-order valence-electron chi connectivity index (χ2n) is 5.19. The third-order valence-electron chi connectivity index (χ3n) is 3.61. The van der Waals surface area contributed by atoms with Gasteiger partial charge in [0.2, 0.25) is 0 Å². The van der Waals surface area contributed by atoms with E-state index in [0.29, 0.717) is 5.75 Å². The van der Waals surface area contributed by atoms with Crippen molar-refractivity contribution in [3.8, 4) is 5.75 Å². The molecule has 2 heteroatoms. The van der Waals surface area contributed by atoms with Gasteiger partial charge in [0.05, 0.1) is 0 Å². The Morgan fingerprint density at radius 3 is 2.37 bits per heavy atom. The summed E-state index contributed by atoms with van der Waals surface area (Å²) in [5.74, 6) is 0.381. The lowest BCUT2D eigenvalue weighted by Crippen LogP contribution is -2.03. The van der Waals surface area contributed by atoms with Crippen LogP contribution >= 0.6 is 0 Å². The predicted molar refractivity (Wildman–Crippen MR) is 80.8 cm³/mol. The number of rotatable bonds is 3. The van der Waals surface area contributed by atoms with Gasteiger partial charge >= 0.3 is 0 Å². The lowest BCUT2D eigenvalue weighted by Gasteiger charge is -2.14. The van der Waals surface area contributed by atoms with E-state index in [0.717, 1.165) is 23.4 Å². The molecule has 0 aliphatic heterocycles. The molecule has 2 rings (SSSR count). The smallest absolute Gasteiger partial charge is 0.123 e. The van der Waals surface area contributed by atoms with Crippen LogP contribution in [-0.4, -0.2) is 5.11 Å². The van der Waals surface area contributed by atoms with Gasteiger partial charge in [-0.05, 0) is 50.5 Å². The van der Waals surface area contributed by atoms with Crippen LogP contribution in [0.3, 0.4) is 0 Å². The highest BCUT2D eigenvalue weighted by molar-refractivity contribution is 5.59. The van der Waals surface area contributed by atoms with E-state index in [1.165, 1.54) is 16.7 Å². The molecule has 0 heterocycles. The number of phenolic OH excluding ortho intramolecular Hbond substituents is 1. The van der Waals surface area contributed by atoms with E-state index in [-0.39, 0.29) is 0 Å². The van der Waals surface area contributed by atoms with Crippen molar-refractivity contribution in [1.82, 2.24) is 0 Å². The molecule has 2 N–H and O–H groups in total. The Hall–Kier alpha value is -1.96. The number of nitrogens with one attached hydrogen (secondary N) is 1. The Morgan fingerprint density at radius 1 is 0.947 bits per heavy atom. The summed E-state index contributed by atoms with van der Waals surface area (Å²) >= 11 is 0. The van der Waals surface area contributed by atoms with Crippen molar-refractivity contribution in [2.45, 2.75) is 34.2 Å². The van der Waals surface area contributed by atoms with E-state index in [4.69, 9.17) is 0 Å². The molecule has 0 amide bonds. The fraction of sp³-hybridized carbons (Fsp3) is 0.294. The zero-order valence-electron chi connectivity index (χ0n) is 12.0. The van der Waals surface area contributed by atoms with Crippen LogP contribution in [0.5, 0.6) is 5.75 Å². The van der Waals surface area contributed by atoms with E-state index in [1.54, 1.807) is 0 Å². The minimum absolute atomic E-state index is 0.381. The zero-order valence-corrected chi connectivity index (χ0v) is 12.0. The van der Waals surface area contributed by atoms with Crippen LogP contribution in [0.2, 0.25) is 0 Å². The Balaban J connectivity index is 2.19. The largest absolute Gasteiger partial charge is 0.507 e. The van der Waals surface area contributed by atoms with E-state index in [1.807, 2.05) is 26.0 Å². The molecule has 2 aromatic rings. The summed E-state index contributed by atoms with van der Waals surface area (Å²) in [4.78, 5) is 0. The van der Waals surface area contributed by atoms with Crippen LogP contribution in [0, 0.1) is 27.7 Å². The topological polar surface area (TPSA) is 32.3 Å². The highest BCUT2D eigenvalue weighted by atomic mass is 16.3. The number of phenols is 1. The first kappa shape index (κ1) is 13.5. The number of aryl methyl sites for hydroxylation is 3. The highest BCUT2D eigenvalue weighted by Crippen LogP contribution is 2.28. The molecule has 0 aromatic heterocycles. The predicted octanol–water partition coefficient (Wildman–Crippen LogP) is 4.24. The van der Waals surface area contributed by atoms with Crippen LogP contribution < -0.4 is 5.32 Å². The van der Waals surface area contributed by atoms with Crippen molar-refractivity contribution in [2.24, 2.45) is 0 Å². The van der Waals surface area contributed by atoms with Gasteiger partial charge in [0.15, 0.2) is 0 Å². The lowest BCUT2D eigenvalue weighted by molar-refractivity contribution is 0.467. The van der Waals surface area contributed by atoms with Crippen LogP contribution in [0.25, 0.3) is 0 Å². The molecule has 0 atom stereocenters. The van der Waals surface area contributed by atoms with E-state index in [9.17, 15) is 5.11 Å². The van der Waals surface area contributed by atoms with Crippen molar-refractivity contribution >= 4 is 5.69 Å². The average Bonchev–Trinajstić information content (AvgIpc) is 2.39. The fourth-order valence-electron chi connectivity index (χ4n) is 2.21. The molecule has 0 aliphatic carbocycles. The van der Waals surface area contributed by atoms with Gasteiger partial charge in [0, 0.05) is 17.8 Å². The van der Waals surface area contributed by atoms with Crippen molar-refractivity contribution in [2.75, 3.05) is 5.32 Å². The summed E-state index contributed by atoms with van der Waals surface area (Å²) in [6.45, 7) is 8.85. The highest BCUT2D eigenvalue weighted by Gasteiger charge is 2.06. The summed E-state index contributed by atoms with van der Waals surface area (Å²) in [6, 6.07) is 10.4. The molecular weight excluding hydrogens is 234 g/mol. The third-order valence-corrected chi connectivity index (χ3v) is 3.61. The first-order chi connectivity index (χ1) is 8.99. The Labute approximate surface area is 115 Å². The molecule has 0 bridgehead atoms. The Kier molecular flexibility index (Phi) is 3.79. The molecule has 19 heavy (non-hydrogen) atoms. The molecule has 0 unspecified atom stereocenters. The van der Waals surface area contributed by atoms with Gasteiger partial charge in [-0.3, -0.25) is 0 Å². The third kappa shape index (κ3) is 2.90. The minimum atomic E-state index is 0.381. The number of benzene rings is 2. The first-order valence-corrected chi connectivity index (χ1v) is 6.58. The summed E-state index contributed by atoms with van der Waals surface area (Å²) in [5, 5.41) is 13.3. The molecule has 0 radical (unpaired) electrons. The SMILES string of the molecule is Cc1ccc(C)c(CNc2ccc(C)c(O)c2C)c1. The maximum absolute atomic E-state index is 9.94. The first-order valence-electron chi connectivity index (χ1n) is 6.58. The van der Waals surface area contributed by atoms with Gasteiger partial charge in [0.25, 0.3) is 0 Å². The van der Waals surface area contributed by atoms with Gasteiger partial charge in [-0.2, -0.15) is 0 Å². The molecular formula is C17H21NO. The Morgan fingerprint density at radius 2 is 1.63 bits per heavy atom. The summed E-state index contributed by atoms with van der Waals surface area (Å²) in [6.07, 6.45) is 0. The summed E-state index contributed by atoms with van der Waals surface area (Å²) < 4.78 is 0. The fourth-order valence-corrected chi connectivity index (χ4v) is 2.21. The van der Waals surface area contributed by atoms with E-state index >= 15 is 0 Å². The van der Waals surface area contributed by atoms with Crippen LogP contribution in [0.4, 0.5) is 5.69 Å². The molecule has 0 aliphatic rings. The second kappa shape index (κ2) is 5.35. The van der Waals surface area contributed by atoms with Gasteiger partial charge in [-0.15, -0.1) is 0 Å². The van der Waals surface area contributed by atoms with Crippen LogP contribution in [0.15, 0.2) is 30.3 Å². The zero-order chi connectivity index (χ0) is 14.0. The molecule has 0 fully saturated rings. The molecule has 2 nitrogen and oxygen atoms in total. The molecule has 100 valence electrons. The number of anilines is 1. The van der Waals surface area contributed by atoms with Crippen molar-refractivity contribution in [3.63, 3.8) is 0 Å². The maximum Gasteiger partial charge on any atom is 0.123 e. The average molecular weight is 255 g/mol. The minimum Gasteiger partial charge on any atom is -0.507 e. The van der Waals surface area contributed by atoms with Crippen molar-refractivity contribution in [3.05, 3.63) is 58.1 Å². The van der Waals surface area contributed by atoms with Crippen LogP contribution in [0.1, 0.15) is 27.8 Å². The molecule has 0 saturated carbocycles. The summed E-state index contributed by atoms with van der Waals surface area (Å²) in [5.41, 5.74) is 6.65. The number of hydrogen-bond donors (Lipinski definition) is 2. The van der Waals surface area contributed by atoms with Crippen molar-refractivity contribution < 1.29 is 5.11 Å². The normalized spacial score (nSPS) is 10.5. The van der Waals surface area contributed by atoms with Crippen LogP contribution in [-0.2, 0) is 6.54 Å². The standard InChI is InChI=1S/C17H21NO/c1-11-5-6-12(2)15(9-11)10-18-16-8-7-13(3)17(19)14(16)4/h5-9,18-19H,10H2,1-4H3. The van der Waals surface area contributed by atoms with Gasteiger partial charge in [0.1, 0.15) is 5.75 Å². The maximum atomic E-state index is 9.94. The van der Waals surface area contributed by atoms with Crippen molar-refractivity contribution in [1.29, 1.82) is 0 Å². The van der Waals surface area contributed by atoms with Gasteiger partial charge < -0.3 is 10.4 Å². The van der Waals surface area contributed by atoms with E-state index in [2.05, 4.69) is 37.4 Å². The van der Waals surface area contributed by atoms with Gasteiger partial charge in [-0.25, -0.2) is 0 Å². The quantitative estimate of drug-likeness (QED) is 0.860. The number of hydrogen-bond acceptors (Lipinski definition) is 2. The summed E-state index contributed by atoms with van der Waals surface area (Å²) in [7, 11) is 0.